The van der Waals surface area contributed by atoms with Gasteiger partial charge in [-0.3, -0.25) is 9.97 Å². The predicted octanol–water partition coefficient (Wildman–Crippen LogP) is 10.2. The fraction of sp³-hybridized carbons (Fsp3) is 0. The van der Waals surface area contributed by atoms with Crippen molar-refractivity contribution in [2.75, 3.05) is 0 Å². The minimum absolute atomic E-state index is 0.673. The number of hydrogen-bond donors (Lipinski definition) is 0. The second kappa shape index (κ2) is 10.6. The lowest BCUT2D eigenvalue weighted by atomic mass is 9.85. The SMILES string of the molecule is c1ccc2cc(-c3ccc4c(-c5cncc(-c6cnco6)c5)c5ccccc5c(-c5cncc(-c6cnco6)c5)c4c3)ccc2c1. The highest BCUT2D eigenvalue weighted by Crippen LogP contribution is 2.45. The largest absolute Gasteiger partial charge is 0.443 e. The molecule has 0 N–H and O–H groups in total. The van der Waals surface area contributed by atoms with Crippen molar-refractivity contribution in [3.05, 3.63) is 147 Å². The maximum Gasteiger partial charge on any atom is 0.181 e. The Morgan fingerprint density at radius 2 is 0.870 bits per heavy atom. The van der Waals surface area contributed by atoms with Gasteiger partial charge in [-0.2, -0.15) is 0 Å². The number of oxazole rings is 2. The van der Waals surface area contributed by atoms with Crippen molar-refractivity contribution in [1.82, 2.24) is 19.9 Å². The van der Waals surface area contributed by atoms with Crippen LogP contribution in [0, 0.1) is 0 Å². The summed E-state index contributed by atoms with van der Waals surface area (Å²) in [5, 5.41) is 6.88. The summed E-state index contributed by atoms with van der Waals surface area (Å²) >= 11 is 0. The molecule has 0 saturated carbocycles. The van der Waals surface area contributed by atoms with Crippen molar-refractivity contribution in [3.63, 3.8) is 0 Å². The lowest BCUT2D eigenvalue weighted by Gasteiger charge is -2.19. The summed E-state index contributed by atoms with van der Waals surface area (Å²) in [6.45, 7) is 0. The van der Waals surface area contributed by atoms with Crippen molar-refractivity contribution >= 4 is 32.3 Å². The molecule has 4 heterocycles. The van der Waals surface area contributed by atoms with E-state index < -0.39 is 0 Å². The third kappa shape index (κ3) is 4.35. The normalized spacial score (nSPS) is 11.5. The van der Waals surface area contributed by atoms with E-state index in [0.717, 1.165) is 66.1 Å². The molecular formula is C40H24N4O2. The van der Waals surface area contributed by atoms with E-state index in [1.807, 2.05) is 18.6 Å². The van der Waals surface area contributed by atoms with Crippen molar-refractivity contribution in [2.24, 2.45) is 0 Å². The topological polar surface area (TPSA) is 77.8 Å². The molecule has 4 aromatic heterocycles. The molecule has 6 heteroatoms. The highest BCUT2D eigenvalue weighted by Gasteiger charge is 2.19. The van der Waals surface area contributed by atoms with Gasteiger partial charge in [-0.1, -0.05) is 72.8 Å². The molecule has 9 rings (SSSR count). The minimum atomic E-state index is 0.673. The van der Waals surface area contributed by atoms with Crippen LogP contribution in [0.5, 0.6) is 0 Å². The van der Waals surface area contributed by atoms with Crippen molar-refractivity contribution in [2.45, 2.75) is 0 Å². The molecule has 0 unspecified atom stereocenters. The van der Waals surface area contributed by atoms with Gasteiger partial charge in [0.25, 0.3) is 0 Å². The average Bonchev–Trinajstić information content (AvgIpc) is 3.86. The Morgan fingerprint density at radius 3 is 1.50 bits per heavy atom. The summed E-state index contributed by atoms with van der Waals surface area (Å²) in [5.74, 6) is 1.35. The summed E-state index contributed by atoms with van der Waals surface area (Å²) in [6, 6.07) is 34.6. The van der Waals surface area contributed by atoms with E-state index in [4.69, 9.17) is 8.83 Å². The summed E-state index contributed by atoms with van der Waals surface area (Å²) in [6.07, 6.45) is 13.8. The smallest absolute Gasteiger partial charge is 0.181 e. The van der Waals surface area contributed by atoms with Gasteiger partial charge in [-0.05, 0) is 78.8 Å². The molecule has 0 aliphatic carbocycles. The van der Waals surface area contributed by atoms with Crippen LogP contribution < -0.4 is 0 Å². The Labute approximate surface area is 263 Å². The molecule has 0 atom stereocenters. The van der Waals surface area contributed by atoms with E-state index in [-0.39, 0.29) is 0 Å². The Kier molecular flexibility index (Phi) is 6.03. The molecule has 0 bridgehead atoms. The Balaban J connectivity index is 1.36. The highest BCUT2D eigenvalue weighted by molar-refractivity contribution is 6.22. The third-order valence-electron chi connectivity index (χ3n) is 8.59. The van der Waals surface area contributed by atoms with Crippen molar-refractivity contribution < 1.29 is 8.83 Å². The molecule has 0 amide bonds. The summed E-state index contributed by atoms with van der Waals surface area (Å²) in [5.41, 5.74) is 8.22. The molecule has 0 saturated heterocycles. The van der Waals surface area contributed by atoms with Crippen molar-refractivity contribution in [1.29, 1.82) is 0 Å². The van der Waals surface area contributed by atoms with Crippen LogP contribution in [0.15, 0.2) is 156 Å². The van der Waals surface area contributed by atoms with Gasteiger partial charge in [0.15, 0.2) is 24.3 Å². The minimum Gasteiger partial charge on any atom is -0.443 e. The van der Waals surface area contributed by atoms with Crippen LogP contribution in [0.25, 0.3) is 88.3 Å². The van der Waals surface area contributed by atoms with Crippen LogP contribution in [0.3, 0.4) is 0 Å². The van der Waals surface area contributed by atoms with E-state index in [2.05, 4.69) is 117 Å². The van der Waals surface area contributed by atoms with E-state index >= 15 is 0 Å². The lowest BCUT2D eigenvalue weighted by Crippen LogP contribution is -1.93. The predicted molar refractivity (Wildman–Crippen MR) is 182 cm³/mol. The second-order valence-electron chi connectivity index (χ2n) is 11.3. The van der Waals surface area contributed by atoms with Gasteiger partial charge in [-0.15, -0.1) is 0 Å². The zero-order chi connectivity index (χ0) is 30.5. The van der Waals surface area contributed by atoms with Gasteiger partial charge >= 0.3 is 0 Å². The summed E-state index contributed by atoms with van der Waals surface area (Å²) in [4.78, 5) is 17.5. The quantitative estimate of drug-likeness (QED) is 0.185. The van der Waals surface area contributed by atoms with Crippen LogP contribution in [-0.4, -0.2) is 19.9 Å². The molecule has 5 aromatic carbocycles. The zero-order valence-electron chi connectivity index (χ0n) is 24.5. The molecule has 216 valence electrons. The van der Waals surface area contributed by atoms with E-state index in [1.165, 1.54) is 23.6 Å². The molecule has 0 spiro atoms. The second-order valence-corrected chi connectivity index (χ2v) is 11.3. The standard InChI is InChI=1S/C40H24N4O2/c1-2-6-26-13-27(10-9-25(26)5-1)28-11-12-35-36(16-28)40(32-15-30(18-42-20-32)38-22-44-24-46-38)34-8-4-3-7-33(34)39(35)31-14-29(17-41-19-31)37-21-43-23-45-37/h1-24H. The first-order valence-electron chi connectivity index (χ1n) is 15.0. The Hall–Kier alpha value is -6.40. The number of hydrogen-bond acceptors (Lipinski definition) is 6. The van der Waals surface area contributed by atoms with Gasteiger partial charge in [0, 0.05) is 47.0 Å². The third-order valence-corrected chi connectivity index (χ3v) is 8.59. The fourth-order valence-electron chi connectivity index (χ4n) is 6.49. The number of aromatic nitrogens is 4. The van der Waals surface area contributed by atoms with Gasteiger partial charge < -0.3 is 8.83 Å². The molecule has 0 aliphatic heterocycles. The van der Waals surface area contributed by atoms with Crippen LogP contribution in [0.1, 0.15) is 0 Å². The van der Waals surface area contributed by atoms with Crippen molar-refractivity contribution in [3.8, 4) is 56.0 Å². The summed E-state index contributed by atoms with van der Waals surface area (Å²) < 4.78 is 11.3. The maximum atomic E-state index is 5.65. The fourth-order valence-corrected chi connectivity index (χ4v) is 6.49. The number of rotatable bonds is 5. The van der Waals surface area contributed by atoms with Gasteiger partial charge in [-0.25, -0.2) is 9.97 Å². The van der Waals surface area contributed by atoms with E-state index in [9.17, 15) is 0 Å². The number of pyridine rings is 2. The van der Waals surface area contributed by atoms with Crippen LogP contribution in [0.4, 0.5) is 0 Å². The lowest BCUT2D eigenvalue weighted by molar-refractivity contribution is 0.571. The first-order valence-corrected chi connectivity index (χ1v) is 15.0. The first kappa shape index (κ1) is 26.0. The van der Waals surface area contributed by atoms with Crippen LogP contribution in [0.2, 0.25) is 0 Å². The maximum absolute atomic E-state index is 5.65. The zero-order valence-corrected chi connectivity index (χ0v) is 24.5. The molecule has 0 aliphatic rings. The Bertz CT molecular complexity index is 2540. The van der Waals surface area contributed by atoms with Crippen LogP contribution >= 0.6 is 0 Å². The van der Waals surface area contributed by atoms with E-state index in [1.54, 1.807) is 18.6 Å². The average molecular weight is 593 g/mol. The molecule has 9 aromatic rings. The van der Waals surface area contributed by atoms with Gasteiger partial charge in [0.2, 0.25) is 0 Å². The monoisotopic (exact) mass is 592 g/mol. The Morgan fingerprint density at radius 1 is 0.348 bits per heavy atom. The molecular weight excluding hydrogens is 568 g/mol. The number of nitrogens with zero attached hydrogens (tertiary/aromatic N) is 4. The number of fused-ring (bicyclic) bond motifs is 3. The molecule has 0 radical (unpaired) electrons. The first-order chi connectivity index (χ1) is 22.8. The van der Waals surface area contributed by atoms with Gasteiger partial charge in [0.1, 0.15) is 0 Å². The highest BCUT2D eigenvalue weighted by atomic mass is 16.3. The van der Waals surface area contributed by atoms with Gasteiger partial charge in [0.05, 0.1) is 12.4 Å². The van der Waals surface area contributed by atoms with Crippen LogP contribution in [-0.2, 0) is 0 Å². The molecule has 0 fully saturated rings. The number of benzene rings is 5. The van der Waals surface area contributed by atoms with E-state index in [0.29, 0.717) is 11.5 Å². The summed E-state index contributed by atoms with van der Waals surface area (Å²) in [7, 11) is 0. The molecule has 46 heavy (non-hydrogen) atoms. The molecule has 6 nitrogen and oxygen atoms in total.